The van der Waals surface area contributed by atoms with Crippen molar-refractivity contribution in [2.24, 2.45) is 4.99 Å². The van der Waals surface area contributed by atoms with Crippen molar-refractivity contribution >= 4 is 41.3 Å². The molecule has 0 radical (unpaired) electrons. The summed E-state index contributed by atoms with van der Waals surface area (Å²) in [6, 6.07) is 0. The van der Waals surface area contributed by atoms with E-state index >= 15 is 0 Å². The van der Waals surface area contributed by atoms with E-state index in [1.807, 2.05) is 6.92 Å². The van der Waals surface area contributed by atoms with Crippen LogP contribution in [0, 0.1) is 0 Å². The van der Waals surface area contributed by atoms with Crippen molar-refractivity contribution in [1.82, 2.24) is 25.4 Å². The minimum absolute atomic E-state index is 0. The smallest absolute Gasteiger partial charge is 0.357 e. The molecule has 11 heteroatoms. The molecule has 1 fully saturated rings. The summed E-state index contributed by atoms with van der Waals surface area (Å²) in [6.45, 7) is 12.0. The number of thiazole rings is 1. The van der Waals surface area contributed by atoms with Crippen molar-refractivity contribution in [3.8, 4) is 0 Å². The zero-order chi connectivity index (χ0) is 19.0. The summed E-state index contributed by atoms with van der Waals surface area (Å²) in [7, 11) is 0. The van der Waals surface area contributed by atoms with Crippen molar-refractivity contribution in [2.75, 3.05) is 52.4 Å². The molecule has 0 atom stereocenters. The number of piperazine rings is 1. The largest absolute Gasteiger partial charge is 0.434 e. The number of rotatable bonds is 7. The van der Waals surface area contributed by atoms with Crippen molar-refractivity contribution in [3.63, 3.8) is 0 Å². The summed E-state index contributed by atoms with van der Waals surface area (Å²) >= 11 is 0.979. The van der Waals surface area contributed by atoms with Gasteiger partial charge in [-0.05, 0) is 13.5 Å². The highest BCUT2D eigenvalue weighted by atomic mass is 127. The van der Waals surface area contributed by atoms with Gasteiger partial charge in [0.2, 0.25) is 0 Å². The molecule has 0 aromatic carbocycles. The molecule has 1 aliphatic rings. The Kier molecular flexibility index (Phi) is 10.9. The Morgan fingerprint density at radius 2 is 1.85 bits per heavy atom. The fraction of sp³-hybridized carbons (Fsp3) is 0.750. The highest BCUT2D eigenvalue weighted by molar-refractivity contribution is 14.0. The molecule has 0 amide bonds. The van der Waals surface area contributed by atoms with Crippen molar-refractivity contribution in [3.05, 3.63) is 16.1 Å². The van der Waals surface area contributed by atoms with E-state index in [2.05, 4.69) is 37.3 Å². The van der Waals surface area contributed by atoms with Crippen LogP contribution in [0.3, 0.4) is 0 Å². The van der Waals surface area contributed by atoms with Gasteiger partial charge in [0.15, 0.2) is 11.7 Å². The molecular weight excluding hydrogens is 492 g/mol. The van der Waals surface area contributed by atoms with Gasteiger partial charge in [0.05, 0.1) is 6.54 Å². The van der Waals surface area contributed by atoms with E-state index in [-0.39, 0.29) is 30.5 Å². The molecule has 2 N–H and O–H groups in total. The Morgan fingerprint density at radius 1 is 1.19 bits per heavy atom. The van der Waals surface area contributed by atoms with Crippen LogP contribution >= 0.6 is 35.3 Å². The lowest BCUT2D eigenvalue weighted by molar-refractivity contribution is -0.140. The third-order valence-corrected chi connectivity index (χ3v) is 5.03. The normalized spacial score (nSPS) is 16.9. The second kappa shape index (κ2) is 12.0. The molecule has 0 saturated carbocycles. The van der Waals surface area contributed by atoms with E-state index in [0.717, 1.165) is 62.5 Å². The first kappa shape index (κ1) is 24.4. The summed E-state index contributed by atoms with van der Waals surface area (Å²) in [4.78, 5) is 12.8. The van der Waals surface area contributed by atoms with Crippen LogP contribution in [-0.2, 0) is 12.7 Å². The number of guanidine groups is 1. The van der Waals surface area contributed by atoms with Crippen LogP contribution in [0.5, 0.6) is 0 Å². The van der Waals surface area contributed by atoms with E-state index in [9.17, 15) is 13.2 Å². The maximum absolute atomic E-state index is 12.6. The third kappa shape index (κ3) is 8.48. The molecule has 27 heavy (non-hydrogen) atoms. The van der Waals surface area contributed by atoms with E-state index < -0.39 is 11.9 Å². The van der Waals surface area contributed by atoms with E-state index in [0.29, 0.717) is 17.5 Å². The first-order valence-corrected chi connectivity index (χ1v) is 9.78. The number of hydrogen-bond acceptors (Lipinski definition) is 5. The highest BCUT2D eigenvalue weighted by Gasteiger charge is 2.33. The number of halogens is 4. The van der Waals surface area contributed by atoms with Gasteiger partial charge in [0.1, 0.15) is 5.01 Å². The standard InChI is InChI=1S/C16H27F3N6S.HI/c1-3-20-15(21-5-6-25-9-7-24(4-2)8-10-25)22-11-14-23-13(12-26-14)16(17,18)19;/h12H,3-11H2,1-2H3,(H2,20,21,22);1H. The molecule has 0 aliphatic carbocycles. The van der Waals surface area contributed by atoms with Gasteiger partial charge >= 0.3 is 6.18 Å². The summed E-state index contributed by atoms with van der Waals surface area (Å²) in [5, 5.41) is 7.73. The number of nitrogens with zero attached hydrogens (tertiary/aromatic N) is 4. The summed E-state index contributed by atoms with van der Waals surface area (Å²) < 4.78 is 37.8. The Labute approximate surface area is 179 Å². The zero-order valence-electron chi connectivity index (χ0n) is 15.7. The lowest BCUT2D eigenvalue weighted by Crippen LogP contribution is -2.49. The van der Waals surface area contributed by atoms with Crippen LogP contribution in [0.15, 0.2) is 10.4 Å². The molecule has 156 valence electrons. The monoisotopic (exact) mass is 520 g/mol. The number of alkyl halides is 3. The van der Waals surface area contributed by atoms with Crippen molar-refractivity contribution in [1.29, 1.82) is 0 Å². The zero-order valence-corrected chi connectivity index (χ0v) is 18.8. The first-order valence-electron chi connectivity index (χ1n) is 8.90. The third-order valence-electron chi connectivity index (χ3n) is 4.19. The fourth-order valence-electron chi connectivity index (χ4n) is 2.66. The van der Waals surface area contributed by atoms with Gasteiger partial charge < -0.3 is 15.5 Å². The molecular formula is C16H28F3IN6S. The van der Waals surface area contributed by atoms with Crippen LogP contribution in [0.4, 0.5) is 13.2 Å². The van der Waals surface area contributed by atoms with E-state index in [4.69, 9.17) is 0 Å². The maximum atomic E-state index is 12.6. The average molecular weight is 520 g/mol. The fourth-order valence-corrected chi connectivity index (χ4v) is 3.39. The van der Waals surface area contributed by atoms with Gasteiger partial charge in [-0.1, -0.05) is 6.92 Å². The Bertz CT molecular complexity index is 573. The quantitative estimate of drug-likeness (QED) is 0.329. The number of hydrogen-bond donors (Lipinski definition) is 2. The van der Waals surface area contributed by atoms with Gasteiger partial charge in [-0.15, -0.1) is 35.3 Å². The van der Waals surface area contributed by atoms with Crippen molar-refractivity contribution < 1.29 is 13.2 Å². The number of nitrogens with one attached hydrogen (secondary N) is 2. The van der Waals surface area contributed by atoms with Crippen LogP contribution in [-0.4, -0.2) is 73.1 Å². The molecule has 1 saturated heterocycles. The summed E-state index contributed by atoms with van der Waals surface area (Å²) in [5.74, 6) is 0.600. The topological polar surface area (TPSA) is 55.8 Å². The van der Waals surface area contributed by atoms with Gasteiger partial charge in [-0.25, -0.2) is 9.98 Å². The maximum Gasteiger partial charge on any atom is 0.434 e. The molecule has 2 rings (SSSR count). The predicted molar refractivity (Wildman–Crippen MR) is 114 cm³/mol. The van der Waals surface area contributed by atoms with Crippen LogP contribution in [0.25, 0.3) is 0 Å². The van der Waals surface area contributed by atoms with E-state index in [1.165, 1.54) is 0 Å². The minimum Gasteiger partial charge on any atom is -0.357 e. The molecule has 1 aromatic rings. The summed E-state index contributed by atoms with van der Waals surface area (Å²) in [6.07, 6.45) is -4.40. The van der Waals surface area contributed by atoms with Gasteiger partial charge in [0, 0.05) is 51.2 Å². The van der Waals surface area contributed by atoms with Crippen LogP contribution in [0.2, 0.25) is 0 Å². The summed E-state index contributed by atoms with van der Waals surface area (Å²) in [5.41, 5.74) is -0.850. The Morgan fingerprint density at radius 3 is 2.41 bits per heavy atom. The lowest BCUT2D eigenvalue weighted by atomic mass is 10.3. The van der Waals surface area contributed by atoms with Gasteiger partial charge in [0.25, 0.3) is 0 Å². The average Bonchev–Trinajstić information content (AvgIpc) is 3.10. The second-order valence-corrected chi connectivity index (χ2v) is 6.96. The van der Waals surface area contributed by atoms with Gasteiger partial charge in [-0.2, -0.15) is 13.2 Å². The second-order valence-electron chi connectivity index (χ2n) is 6.02. The molecule has 1 aliphatic heterocycles. The van der Waals surface area contributed by atoms with Gasteiger partial charge in [-0.3, -0.25) is 4.90 Å². The Hall–Kier alpha value is -0.660. The number of aliphatic imine (C=N–C) groups is 1. The predicted octanol–water partition coefficient (Wildman–Crippen LogP) is 2.47. The highest BCUT2D eigenvalue weighted by Crippen LogP contribution is 2.30. The van der Waals surface area contributed by atoms with Crippen LogP contribution in [0.1, 0.15) is 24.5 Å². The molecule has 1 aromatic heterocycles. The Balaban J connectivity index is 0.00000364. The molecule has 2 heterocycles. The molecule has 6 nitrogen and oxygen atoms in total. The minimum atomic E-state index is -4.40. The SMILES string of the molecule is CCNC(=NCc1nc(C(F)(F)F)cs1)NCCN1CCN(CC)CC1.I. The number of likely N-dealkylation sites (N-methyl/N-ethyl adjacent to an activating group) is 1. The molecule has 0 bridgehead atoms. The van der Waals surface area contributed by atoms with Crippen molar-refractivity contribution in [2.45, 2.75) is 26.6 Å². The lowest BCUT2D eigenvalue weighted by Gasteiger charge is -2.34. The number of aromatic nitrogens is 1. The molecule has 0 spiro atoms. The van der Waals surface area contributed by atoms with Crippen LogP contribution < -0.4 is 10.6 Å². The van der Waals surface area contributed by atoms with E-state index in [1.54, 1.807) is 0 Å². The molecule has 0 unspecified atom stereocenters. The first-order chi connectivity index (χ1) is 12.4.